The standard InChI is InChI=1S/C20H25N5O3/c26-19(18-7-9-25(23-18)17-2-1-8-21-14-17)22-16-5-3-15(4-6-16)20(27)24-10-12-28-13-11-24/h3-7,9,17,21H,1-2,8,10-14H2,(H,22,26). The predicted octanol–water partition coefficient (Wildman–Crippen LogP) is 1.53. The van der Waals surface area contributed by atoms with Gasteiger partial charge in [0.15, 0.2) is 5.69 Å². The molecule has 1 unspecified atom stereocenters. The minimum absolute atomic E-state index is 0.0130. The normalized spacial score (nSPS) is 20.0. The van der Waals surface area contributed by atoms with Gasteiger partial charge in [-0.1, -0.05) is 0 Å². The van der Waals surface area contributed by atoms with Crippen LogP contribution in [0.1, 0.15) is 39.7 Å². The van der Waals surface area contributed by atoms with Gasteiger partial charge in [-0.15, -0.1) is 0 Å². The second-order valence-corrected chi connectivity index (χ2v) is 7.12. The molecule has 0 saturated carbocycles. The number of piperidine rings is 1. The fourth-order valence-electron chi connectivity index (χ4n) is 3.56. The number of morpholine rings is 1. The molecule has 0 aliphatic carbocycles. The number of hydrogen-bond acceptors (Lipinski definition) is 5. The summed E-state index contributed by atoms with van der Waals surface area (Å²) in [6.45, 7) is 4.27. The zero-order chi connectivity index (χ0) is 19.3. The number of nitrogens with zero attached hydrogens (tertiary/aromatic N) is 3. The maximum Gasteiger partial charge on any atom is 0.276 e. The summed E-state index contributed by atoms with van der Waals surface area (Å²) in [7, 11) is 0. The number of nitrogens with one attached hydrogen (secondary N) is 2. The SMILES string of the molecule is O=C(Nc1ccc(C(=O)N2CCOCC2)cc1)c1ccn(C2CCCNC2)n1. The first-order valence-corrected chi connectivity index (χ1v) is 9.75. The van der Waals surface area contributed by atoms with Crippen LogP contribution in [0.5, 0.6) is 0 Å². The van der Waals surface area contributed by atoms with E-state index >= 15 is 0 Å². The van der Waals surface area contributed by atoms with Gasteiger partial charge in [-0.3, -0.25) is 14.3 Å². The number of amides is 2. The topological polar surface area (TPSA) is 88.5 Å². The van der Waals surface area contributed by atoms with E-state index in [9.17, 15) is 9.59 Å². The second kappa shape index (κ2) is 8.53. The van der Waals surface area contributed by atoms with Crippen molar-refractivity contribution < 1.29 is 14.3 Å². The Morgan fingerprint density at radius 1 is 1.14 bits per heavy atom. The Hall–Kier alpha value is -2.71. The Balaban J connectivity index is 1.36. The van der Waals surface area contributed by atoms with Crippen molar-refractivity contribution >= 4 is 17.5 Å². The molecule has 1 atom stereocenters. The van der Waals surface area contributed by atoms with Crippen molar-refractivity contribution in [2.24, 2.45) is 0 Å². The molecule has 2 N–H and O–H groups in total. The van der Waals surface area contributed by atoms with E-state index in [2.05, 4.69) is 15.7 Å². The van der Waals surface area contributed by atoms with E-state index in [1.807, 2.05) is 10.9 Å². The molecule has 2 amide bonds. The molecular formula is C20H25N5O3. The van der Waals surface area contributed by atoms with E-state index in [0.717, 1.165) is 25.9 Å². The van der Waals surface area contributed by atoms with Crippen LogP contribution in [0.15, 0.2) is 36.5 Å². The van der Waals surface area contributed by atoms with Gasteiger partial charge in [0.2, 0.25) is 0 Å². The summed E-state index contributed by atoms with van der Waals surface area (Å²) in [6, 6.07) is 8.99. The Labute approximate surface area is 163 Å². The summed E-state index contributed by atoms with van der Waals surface area (Å²) in [5, 5.41) is 10.6. The lowest BCUT2D eigenvalue weighted by atomic mass is 10.1. The molecular weight excluding hydrogens is 358 g/mol. The zero-order valence-electron chi connectivity index (χ0n) is 15.8. The molecule has 0 spiro atoms. The molecule has 2 aromatic rings. The van der Waals surface area contributed by atoms with E-state index in [1.165, 1.54) is 0 Å². The molecule has 0 radical (unpaired) electrons. The molecule has 8 nitrogen and oxygen atoms in total. The zero-order valence-corrected chi connectivity index (χ0v) is 15.8. The Morgan fingerprint density at radius 3 is 2.64 bits per heavy atom. The van der Waals surface area contributed by atoms with Gasteiger partial charge in [-0.25, -0.2) is 0 Å². The lowest BCUT2D eigenvalue weighted by Crippen LogP contribution is -2.40. The smallest absolute Gasteiger partial charge is 0.276 e. The molecule has 1 aromatic heterocycles. The third kappa shape index (κ3) is 4.23. The summed E-state index contributed by atoms with van der Waals surface area (Å²) in [4.78, 5) is 26.7. The van der Waals surface area contributed by atoms with Crippen molar-refractivity contribution in [1.82, 2.24) is 20.0 Å². The molecule has 8 heteroatoms. The van der Waals surface area contributed by atoms with Crippen molar-refractivity contribution in [3.63, 3.8) is 0 Å². The number of hydrogen-bond donors (Lipinski definition) is 2. The number of benzene rings is 1. The highest BCUT2D eigenvalue weighted by molar-refractivity contribution is 6.03. The van der Waals surface area contributed by atoms with Gasteiger partial charge in [0, 0.05) is 37.1 Å². The van der Waals surface area contributed by atoms with Crippen LogP contribution in [0.25, 0.3) is 0 Å². The predicted molar refractivity (Wildman–Crippen MR) is 104 cm³/mol. The van der Waals surface area contributed by atoms with Gasteiger partial charge in [-0.05, 0) is 49.7 Å². The molecule has 3 heterocycles. The van der Waals surface area contributed by atoms with Crippen molar-refractivity contribution in [3.05, 3.63) is 47.8 Å². The van der Waals surface area contributed by atoms with E-state index in [4.69, 9.17) is 4.74 Å². The molecule has 28 heavy (non-hydrogen) atoms. The lowest BCUT2D eigenvalue weighted by molar-refractivity contribution is 0.0303. The Morgan fingerprint density at radius 2 is 1.93 bits per heavy atom. The summed E-state index contributed by atoms with van der Waals surface area (Å²) in [5.74, 6) is -0.268. The average molecular weight is 383 g/mol. The van der Waals surface area contributed by atoms with Crippen LogP contribution >= 0.6 is 0 Å². The molecule has 2 aliphatic rings. The number of carbonyl (C=O) groups is 2. The monoisotopic (exact) mass is 383 g/mol. The van der Waals surface area contributed by atoms with Crippen LogP contribution in [0, 0.1) is 0 Å². The van der Waals surface area contributed by atoms with E-state index in [1.54, 1.807) is 35.2 Å². The second-order valence-electron chi connectivity index (χ2n) is 7.12. The first-order valence-electron chi connectivity index (χ1n) is 9.75. The highest BCUT2D eigenvalue weighted by atomic mass is 16.5. The Bertz CT molecular complexity index is 821. The molecule has 2 aliphatic heterocycles. The van der Waals surface area contributed by atoms with Crippen molar-refractivity contribution in [1.29, 1.82) is 0 Å². The van der Waals surface area contributed by atoms with Gasteiger partial charge >= 0.3 is 0 Å². The van der Waals surface area contributed by atoms with E-state index < -0.39 is 0 Å². The van der Waals surface area contributed by atoms with Gasteiger partial charge in [0.25, 0.3) is 11.8 Å². The molecule has 0 bridgehead atoms. The van der Waals surface area contributed by atoms with Gasteiger partial charge in [-0.2, -0.15) is 5.10 Å². The number of carbonyl (C=O) groups excluding carboxylic acids is 2. The van der Waals surface area contributed by atoms with Crippen molar-refractivity contribution in [2.45, 2.75) is 18.9 Å². The maximum absolute atomic E-state index is 12.5. The largest absolute Gasteiger partial charge is 0.378 e. The van der Waals surface area contributed by atoms with Gasteiger partial charge in [0.1, 0.15) is 0 Å². The fourth-order valence-corrected chi connectivity index (χ4v) is 3.56. The maximum atomic E-state index is 12.5. The van der Waals surface area contributed by atoms with E-state index in [-0.39, 0.29) is 11.8 Å². The number of rotatable bonds is 4. The van der Waals surface area contributed by atoms with E-state index in [0.29, 0.717) is 49.3 Å². The van der Waals surface area contributed by atoms with Gasteiger partial charge in [0.05, 0.1) is 19.3 Å². The van der Waals surface area contributed by atoms with Crippen LogP contribution in [0.4, 0.5) is 5.69 Å². The third-order valence-electron chi connectivity index (χ3n) is 5.17. The Kier molecular flexibility index (Phi) is 5.68. The summed E-state index contributed by atoms with van der Waals surface area (Å²) in [6.07, 6.45) is 4.03. The third-order valence-corrected chi connectivity index (χ3v) is 5.17. The fraction of sp³-hybridized carbons (Fsp3) is 0.450. The lowest BCUT2D eigenvalue weighted by Gasteiger charge is -2.26. The first-order chi connectivity index (χ1) is 13.7. The summed E-state index contributed by atoms with van der Waals surface area (Å²) >= 11 is 0. The van der Waals surface area contributed by atoms with Crippen molar-refractivity contribution in [2.75, 3.05) is 44.7 Å². The van der Waals surface area contributed by atoms with Crippen molar-refractivity contribution in [3.8, 4) is 0 Å². The molecule has 2 fully saturated rings. The van der Waals surface area contributed by atoms with Crippen LogP contribution in [0.2, 0.25) is 0 Å². The van der Waals surface area contributed by atoms with Crippen LogP contribution in [0.3, 0.4) is 0 Å². The summed E-state index contributed by atoms with van der Waals surface area (Å²) in [5.41, 5.74) is 1.63. The molecule has 1 aromatic carbocycles. The van der Waals surface area contributed by atoms with Crippen LogP contribution < -0.4 is 10.6 Å². The highest BCUT2D eigenvalue weighted by Crippen LogP contribution is 2.17. The average Bonchev–Trinajstić information content (AvgIpc) is 3.26. The minimum Gasteiger partial charge on any atom is -0.378 e. The highest BCUT2D eigenvalue weighted by Gasteiger charge is 2.19. The molecule has 148 valence electrons. The van der Waals surface area contributed by atoms with Gasteiger partial charge < -0.3 is 20.3 Å². The minimum atomic E-state index is -0.255. The number of anilines is 1. The molecule has 2 saturated heterocycles. The first kappa shape index (κ1) is 18.6. The summed E-state index contributed by atoms with van der Waals surface area (Å²) < 4.78 is 7.14. The molecule has 4 rings (SSSR count). The van der Waals surface area contributed by atoms with Crippen LogP contribution in [-0.2, 0) is 4.74 Å². The number of ether oxygens (including phenoxy) is 1. The number of aromatic nitrogens is 2. The van der Waals surface area contributed by atoms with Crippen LogP contribution in [-0.4, -0.2) is 65.9 Å². The quantitative estimate of drug-likeness (QED) is 0.836.